The lowest BCUT2D eigenvalue weighted by Crippen LogP contribution is -2.26. The van der Waals surface area contributed by atoms with Crippen LogP contribution < -0.4 is 4.31 Å². The monoisotopic (exact) mass is 301 g/mol. The zero-order chi connectivity index (χ0) is 15.0. The normalized spacial score (nSPS) is 11.7. The van der Waals surface area contributed by atoms with Crippen molar-refractivity contribution in [2.24, 2.45) is 0 Å². The molecule has 1 heterocycles. The highest BCUT2D eigenvalue weighted by Gasteiger charge is 2.21. The summed E-state index contributed by atoms with van der Waals surface area (Å²) in [6, 6.07) is 13.7. The van der Waals surface area contributed by atoms with Gasteiger partial charge in [-0.1, -0.05) is 18.2 Å². The molecule has 2 aromatic carbocycles. The van der Waals surface area contributed by atoms with E-state index in [0.29, 0.717) is 5.69 Å². The van der Waals surface area contributed by atoms with Gasteiger partial charge in [-0.2, -0.15) is 0 Å². The van der Waals surface area contributed by atoms with E-state index in [9.17, 15) is 8.42 Å². The number of nitrogens with zero attached hydrogens (tertiary/aromatic N) is 2. The minimum absolute atomic E-state index is 0.272. The number of imidazole rings is 1. The molecule has 0 bridgehead atoms. The molecular formula is C15H15N3O2S. The van der Waals surface area contributed by atoms with Crippen LogP contribution in [-0.4, -0.2) is 25.4 Å². The average molecular weight is 301 g/mol. The third-order valence-electron chi connectivity index (χ3n) is 3.35. The SMILES string of the molecule is Cc1nc2ccc(N(C)S(=O)(=O)c3ccccc3)cc2[nH]1. The predicted molar refractivity (Wildman–Crippen MR) is 82.9 cm³/mol. The Morgan fingerprint density at radius 1 is 1.10 bits per heavy atom. The predicted octanol–water partition coefficient (Wildman–Crippen LogP) is 2.70. The first kappa shape index (κ1) is 13.6. The van der Waals surface area contributed by atoms with Gasteiger partial charge in [-0.3, -0.25) is 4.31 Å². The first-order valence-corrected chi connectivity index (χ1v) is 7.93. The minimum Gasteiger partial charge on any atom is -0.342 e. The highest BCUT2D eigenvalue weighted by Crippen LogP contribution is 2.24. The van der Waals surface area contributed by atoms with Crippen LogP contribution in [-0.2, 0) is 10.0 Å². The fourth-order valence-electron chi connectivity index (χ4n) is 2.21. The Balaban J connectivity index is 2.05. The number of sulfonamides is 1. The Kier molecular flexibility index (Phi) is 3.17. The second kappa shape index (κ2) is 4.89. The molecule has 0 spiro atoms. The zero-order valence-corrected chi connectivity index (χ0v) is 12.6. The molecule has 3 aromatic rings. The van der Waals surface area contributed by atoms with Crippen molar-refractivity contribution < 1.29 is 8.42 Å². The van der Waals surface area contributed by atoms with Crippen molar-refractivity contribution in [2.45, 2.75) is 11.8 Å². The standard InChI is InChI=1S/C15H15N3O2S/c1-11-16-14-9-8-12(10-15(14)17-11)18(2)21(19,20)13-6-4-3-5-7-13/h3-10H,1-2H3,(H,16,17). The summed E-state index contributed by atoms with van der Waals surface area (Å²) < 4.78 is 26.4. The number of aromatic amines is 1. The van der Waals surface area contributed by atoms with Crippen LogP contribution in [0.2, 0.25) is 0 Å². The van der Waals surface area contributed by atoms with Gasteiger partial charge >= 0.3 is 0 Å². The Morgan fingerprint density at radius 3 is 2.52 bits per heavy atom. The van der Waals surface area contributed by atoms with Crippen molar-refractivity contribution in [1.82, 2.24) is 9.97 Å². The molecule has 21 heavy (non-hydrogen) atoms. The van der Waals surface area contributed by atoms with Crippen LogP contribution in [0.5, 0.6) is 0 Å². The Hall–Kier alpha value is -2.34. The number of benzene rings is 2. The zero-order valence-electron chi connectivity index (χ0n) is 11.7. The van der Waals surface area contributed by atoms with E-state index in [-0.39, 0.29) is 4.90 Å². The van der Waals surface area contributed by atoms with Crippen LogP contribution in [0, 0.1) is 6.92 Å². The molecule has 0 fully saturated rings. The largest absolute Gasteiger partial charge is 0.342 e. The lowest BCUT2D eigenvalue weighted by Gasteiger charge is -2.19. The number of nitrogens with one attached hydrogen (secondary N) is 1. The summed E-state index contributed by atoms with van der Waals surface area (Å²) in [4.78, 5) is 7.69. The van der Waals surface area contributed by atoms with Crippen molar-refractivity contribution in [3.8, 4) is 0 Å². The average Bonchev–Trinajstić information content (AvgIpc) is 2.86. The van der Waals surface area contributed by atoms with Gasteiger partial charge in [0.1, 0.15) is 5.82 Å². The van der Waals surface area contributed by atoms with Gasteiger partial charge in [0.05, 0.1) is 21.6 Å². The highest BCUT2D eigenvalue weighted by molar-refractivity contribution is 7.92. The topological polar surface area (TPSA) is 66.1 Å². The minimum atomic E-state index is -3.55. The van der Waals surface area contributed by atoms with Crippen molar-refractivity contribution in [2.75, 3.05) is 11.4 Å². The fraction of sp³-hybridized carbons (Fsp3) is 0.133. The first-order valence-electron chi connectivity index (χ1n) is 6.49. The van der Waals surface area contributed by atoms with Gasteiger partial charge in [-0.15, -0.1) is 0 Å². The number of H-pyrrole nitrogens is 1. The number of hydrogen-bond acceptors (Lipinski definition) is 3. The molecule has 0 amide bonds. The van der Waals surface area contributed by atoms with E-state index in [1.807, 2.05) is 13.0 Å². The molecule has 0 atom stereocenters. The van der Waals surface area contributed by atoms with Crippen LogP contribution in [0.25, 0.3) is 11.0 Å². The van der Waals surface area contributed by atoms with E-state index in [1.165, 1.54) is 4.31 Å². The highest BCUT2D eigenvalue weighted by atomic mass is 32.2. The van der Waals surface area contributed by atoms with Gasteiger partial charge in [0, 0.05) is 7.05 Å². The maximum Gasteiger partial charge on any atom is 0.264 e. The van der Waals surface area contributed by atoms with Crippen LogP contribution in [0.1, 0.15) is 5.82 Å². The smallest absolute Gasteiger partial charge is 0.264 e. The molecule has 0 aliphatic carbocycles. The quantitative estimate of drug-likeness (QED) is 0.809. The summed E-state index contributed by atoms with van der Waals surface area (Å²) in [6.45, 7) is 1.87. The van der Waals surface area contributed by atoms with E-state index in [2.05, 4.69) is 9.97 Å². The van der Waals surface area contributed by atoms with E-state index in [4.69, 9.17) is 0 Å². The van der Waals surface area contributed by atoms with Crippen LogP contribution in [0.3, 0.4) is 0 Å². The summed E-state index contributed by atoms with van der Waals surface area (Å²) in [5, 5.41) is 0. The van der Waals surface area contributed by atoms with E-state index in [0.717, 1.165) is 16.9 Å². The van der Waals surface area contributed by atoms with Crippen LogP contribution in [0.15, 0.2) is 53.4 Å². The van der Waals surface area contributed by atoms with Gasteiger partial charge in [-0.25, -0.2) is 13.4 Å². The molecule has 0 aliphatic rings. The third-order valence-corrected chi connectivity index (χ3v) is 5.15. The molecule has 3 rings (SSSR count). The van der Waals surface area contributed by atoms with Crippen molar-refractivity contribution >= 4 is 26.7 Å². The number of anilines is 1. The van der Waals surface area contributed by atoms with Crippen molar-refractivity contribution in [3.63, 3.8) is 0 Å². The fourth-order valence-corrected chi connectivity index (χ4v) is 3.42. The number of rotatable bonds is 3. The molecule has 0 saturated heterocycles. The molecule has 0 unspecified atom stereocenters. The Morgan fingerprint density at radius 2 is 1.81 bits per heavy atom. The first-order chi connectivity index (χ1) is 9.98. The molecular weight excluding hydrogens is 286 g/mol. The summed E-state index contributed by atoms with van der Waals surface area (Å²) in [5.41, 5.74) is 2.23. The Labute approximate surface area is 123 Å². The van der Waals surface area contributed by atoms with Crippen LogP contribution in [0.4, 0.5) is 5.69 Å². The number of fused-ring (bicyclic) bond motifs is 1. The lowest BCUT2D eigenvalue weighted by atomic mass is 10.3. The number of hydrogen-bond donors (Lipinski definition) is 1. The van der Waals surface area contributed by atoms with Gasteiger partial charge in [0.15, 0.2) is 0 Å². The lowest BCUT2D eigenvalue weighted by molar-refractivity contribution is 0.594. The van der Waals surface area contributed by atoms with Crippen molar-refractivity contribution in [1.29, 1.82) is 0 Å². The van der Waals surface area contributed by atoms with Gasteiger partial charge in [-0.05, 0) is 37.3 Å². The summed E-state index contributed by atoms with van der Waals surface area (Å²) >= 11 is 0. The molecule has 0 saturated carbocycles. The molecule has 1 N–H and O–H groups in total. The molecule has 6 heteroatoms. The molecule has 1 aromatic heterocycles. The van der Waals surface area contributed by atoms with E-state index in [1.54, 1.807) is 49.5 Å². The second-order valence-corrected chi connectivity index (χ2v) is 6.78. The number of aromatic nitrogens is 2. The number of aryl methyl sites for hydroxylation is 1. The molecule has 5 nitrogen and oxygen atoms in total. The van der Waals surface area contributed by atoms with Gasteiger partial charge in [0.25, 0.3) is 10.0 Å². The summed E-state index contributed by atoms with van der Waals surface area (Å²) in [7, 11) is -2.01. The maximum atomic E-state index is 12.6. The van der Waals surface area contributed by atoms with Gasteiger partial charge in [0.2, 0.25) is 0 Å². The van der Waals surface area contributed by atoms with Crippen molar-refractivity contribution in [3.05, 3.63) is 54.4 Å². The molecule has 108 valence electrons. The van der Waals surface area contributed by atoms with Gasteiger partial charge < -0.3 is 4.98 Å². The maximum absolute atomic E-state index is 12.6. The van der Waals surface area contributed by atoms with E-state index >= 15 is 0 Å². The summed E-state index contributed by atoms with van der Waals surface area (Å²) in [6.07, 6.45) is 0. The second-order valence-electron chi connectivity index (χ2n) is 4.81. The summed E-state index contributed by atoms with van der Waals surface area (Å²) in [5.74, 6) is 0.802. The molecule has 0 aliphatic heterocycles. The van der Waals surface area contributed by atoms with E-state index < -0.39 is 10.0 Å². The molecule has 0 radical (unpaired) electrons. The Bertz CT molecular complexity index is 886. The van der Waals surface area contributed by atoms with Crippen LogP contribution >= 0.6 is 0 Å². The third kappa shape index (κ3) is 2.38.